The lowest BCUT2D eigenvalue weighted by molar-refractivity contribution is -0.462. The fourth-order valence-corrected chi connectivity index (χ4v) is 9.89. The van der Waals surface area contributed by atoms with Crippen LogP contribution >= 0.6 is 0 Å². The van der Waals surface area contributed by atoms with E-state index in [1.807, 2.05) is 30.3 Å². The van der Waals surface area contributed by atoms with E-state index >= 15 is 0 Å². The number of nitrogens with one attached hydrogen (secondary N) is 2. The number of ether oxygens (including phenoxy) is 1. The number of hydrogen-bond donors (Lipinski definition) is 3. The standard InChI is InChI=1S/C40H42N8O2Si/c1-24-8-13-27(38(49)42-21-25-9-11-26(12-10-25)22-50-39-36-37(44-23-43-36)45-40(41)46-39)18-32(24)35-30-16-14-28(47(2)3)19-33(30)51(6,7)34-20-29(48(4)5)15-17-31(34)35/h8-20,23H,21-22H2,1-7H3,(H3-,41,42,43,44,45,46,49)/p+1. The molecule has 2 aromatic heterocycles. The summed E-state index contributed by atoms with van der Waals surface area (Å²) in [6.07, 6.45) is 8.39. The van der Waals surface area contributed by atoms with E-state index in [9.17, 15) is 4.79 Å². The molecule has 0 saturated carbocycles. The molecule has 258 valence electrons. The molecule has 3 aromatic carbocycles. The van der Waals surface area contributed by atoms with Crippen LogP contribution in [0, 0.1) is 6.92 Å². The fourth-order valence-electron chi connectivity index (χ4n) is 6.82. The number of carbonyl (C=O) groups excluding carboxylic acids is 1. The summed E-state index contributed by atoms with van der Waals surface area (Å²) in [5.41, 5.74) is 17.7. The van der Waals surface area contributed by atoms with Gasteiger partial charge in [-0.25, -0.2) is 9.56 Å². The lowest BCUT2D eigenvalue weighted by Gasteiger charge is -2.38. The Labute approximate surface area is 299 Å². The van der Waals surface area contributed by atoms with Gasteiger partial charge in [-0.2, -0.15) is 9.97 Å². The van der Waals surface area contributed by atoms with Crippen LogP contribution in [0.2, 0.25) is 13.1 Å². The zero-order valence-electron chi connectivity index (χ0n) is 30.1. The smallest absolute Gasteiger partial charge is 0.251 e. The number of benzene rings is 3. The molecule has 1 amide bonds. The van der Waals surface area contributed by atoms with Crippen LogP contribution in [-0.2, 0) is 13.2 Å². The van der Waals surface area contributed by atoms with Crippen molar-refractivity contribution < 1.29 is 14.1 Å². The molecule has 1 aliphatic carbocycles. The summed E-state index contributed by atoms with van der Waals surface area (Å²) < 4.78 is 8.09. The van der Waals surface area contributed by atoms with Crippen molar-refractivity contribution in [2.75, 3.05) is 38.8 Å². The summed E-state index contributed by atoms with van der Waals surface area (Å²) in [6.45, 7) is 7.71. The molecule has 11 heteroatoms. The Bertz CT molecular complexity index is 2330. The normalized spacial score (nSPS) is 14.6. The number of amides is 1. The molecule has 0 unspecified atom stereocenters. The molecule has 2 aliphatic rings. The molecular formula is C40H43N8O2Si+. The molecule has 0 radical (unpaired) electrons. The largest absolute Gasteiger partial charge is 0.471 e. The molecule has 4 N–H and O–H groups in total. The predicted octanol–water partition coefficient (Wildman–Crippen LogP) is 5.30. The number of carbonyl (C=O) groups is 1. The minimum atomic E-state index is -2.08. The molecule has 0 spiro atoms. The van der Waals surface area contributed by atoms with Crippen molar-refractivity contribution in [1.82, 2.24) is 25.3 Å². The van der Waals surface area contributed by atoms with Gasteiger partial charge >= 0.3 is 0 Å². The topological polar surface area (TPSA) is 125 Å². The zero-order chi connectivity index (χ0) is 36.0. The van der Waals surface area contributed by atoms with E-state index in [0.29, 0.717) is 35.8 Å². The predicted molar refractivity (Wildman–Crippen MR) is 207 cm³/mol. The van der Waals surface area contributed by atoms with Gasteiger partial charge in [0.1, 0.15) is 34.3 Å². The second-order valence-electron chi connectivity index (χ2n) is 14.1. The average Bonchev–Trinajstić information content (AvgIpc) is 3.59. The van der Waals surface area contributed by atoms with Gasteiger partial charge in [0.25, 0.3) is 5.91 Å². The van der Waals surface area contributed by atoms with Gasteiger partial charge in [-0.1, -0.05) is 49.5 Å². The molecule has 0 saturated heterocycles. The van der Waals surface area contributed by atoms with Crippen molar-refractivity contribution in [2.24, 2.45) is 0 Å². The number of rotatable bonds is 8. The van der Waals surface area contributed by atoms with E-state index in [1.54, 1.807) is 0 Å². The summed E-state index contributed by atoms with van der Waals surface area (Å²) in [7, 11) is 6.29. The Morgan fingerprint density at radius 3 is 2.49 bits per heavy atom. The van der Waals surface area contributed by atoms with E-state index in [2.05, 4.69) is 131 Å². The number of fused-ring (bicyclic) bond motifs is 3. The second kappa shape index (κ2) is 13.1. The van der Waals surface area contributed by atoms with Crippen LogP contribution in [0.5, 0.6) is 5.88 Å². The molecule has 5 aromatic rings. The average molecular weight is 696 g/mol. The Morgan fingerprint density at radius 2 is 1.75 bits per heavy atom. The summed E-state index contributed by atoms with van der Waals surface area (Å²) in [4.78, 5) is 31.2. The maximum Gasteiger partial charge on any atom is 0.251 e. The second-order valence-corrected chi connectivity index (χ2v) is 18.4. The Kier molecular flexibility index (Phi) is 8.68. The molecule has 0 atom stereocenters. The highest BCUT2D eigenvalue weighted by molar-refractivity contribution is 6.98. The summed E-state index contributed by atoms with van der Waals surface area (Å²) in [6, 6.07) is 20.8. The van der Waals surface area contributed by atoms with Crippen LogP contribution in [0.15, 0.2) is 96.0 Å². The Balaban J connectivity index is 1.14. The molecule has 10 nitrogen and oxygen atoms in total. The number of imidazole rings is 1. The van der Waals surface area contributed by atoms with Crippen molar-refractivity contribution in [1.29, 1.82) is 0 Å². The van der Waals surface area contributed by atoms with Gasteiger partial charge < -0.3 is 25.7 Å². The molecule has 3 heterocycles. The van der Waals surface area contributed by atoms with Crippen molar-refractivity contribution >= 4 is 53.3 Å². The van der Waals surface area contributed by atoms with Crippen LogP contribution in [0.1, 0.15) is 38.2 Å². The number of nitrogens with two attached hydrogens (primary N) is 1. The molecule has 0 bridgehead atoms. The van der Waals surface area contributed by atoms with Gasteiger partial charge in [-0.3, -0.25) is 4.79 Å². The van der Waals surface area contributed by atoms with Crippen LogP contribution in [0.3, 0.4) is 0 Å². The molecule has 51 heavy (non-hydrogen) atoms. The third-order valence-corrected chi connectivity index (χ3v) is 13.3. The van der Waals surface area contributed by atoms with Crippen LogP contribution in [-0.4, -0.2) is 72.4 Å². The minimum absolute atomic E-state index is 0.103. The first-order chi connectivity index (χ1) is 24.4. The van der Waals surface area contributed by atoms with Gasteiger partial charge in [0.05, 0.1) is 6.33 Å². The van der Waals surface area contributed by atoms with Gasteiger partial charge in [0, 0.05) is 44.0 Å². The summed E-state index contributed by atoms with van der Waals surface area (Å²) in [5.74, 6) is 0.335. The zero-order valence-corrected chi connectivity index (χ0v) is 31.1. The van der Waals surface area contributed by atoms with Crippen molar-refractivity contribution in [3.63, 3.8) is 0 Å². The van der Waals surface area contributed by atoms with Gasteiger partial charge in [-0.15, -0.1) is 0 Å². The van der Waals surface area contributed by atoms with E-state index in [0.717, 1.165) is 22.3 Å². The molecule has 1 aliphatic heterocycles. The number of aryl methyl sites for hydroxylation is 1. The molecular weight excluding hydrogens is 653 g/mol. The molecule has 0 fully saturated rings. The number of aromatic nitrogens is 4. The number of H-pyrrole nitrogens is 1. The number of aromatic amines is 1. The highest BCUT2D eigenvalue weighted by Crippen LogP contribution is 2.42. The van der Waals surface area contributed by atoms with E-state index in [-0.39, 0.29) is 11.9 Å². The lowest BCUT2D eigenvalue weighted by atomic mass is 9.86. The summed E-state index contributed by atoms with van der Waals surface area (Å²) in [5, 5.41) is 5.95. The quantitative estimate of drug-likeness (QED) is 0.149. The van der Waals surface area contributed by atoms with Crippen molar-refractivity contribution in [3.05, 3.63) is 129 Å². The fraction of sp³-hybridized carbons (Fsp3) is 0.225. The number of nitrogen functional groups attached to an aromatic ring is 1. The van der Waals surface area contributed by atoms with Crippen LogP contribution in [0.25, 0.3) is 16.7 Å². The van der Waals surface area contributed by atoms with Crippen molar-refractivity contribution in [3.8, 4) is 5.88 Å². The van der Waals surface area contributed by atoms with Crippen LogP contribution < -0.4 is 25.9 Å². The third kappa shape index (κ3) is 6.36. The Morgan fingerprint density at radius 1 is 0.980 bits per heavy atom. The summed E-state index contributed by atoms with van der Waals surface area (Å²) >= 11 is 0. The highest BCUT2D eigenvalue weighted by Gasteiger charge is 2.40. The maximum atomic E-state index is 13.7. The highest BCUT2D eigenvalue weighted by atomic mass is 28.3. The number of allylic oxidation sites excluding steroid dienone is 5. The van der Waals surface area contributed by atoms with E-state index < -0.39 is 8.07 Å². The van der Waals surface area contributed by atoms with Gasteiger partial charge in [0.15, 0.2) is 11.4 Å². The number of hydrogen-bond acceptors (Lipinski definition) is 7. The third-order valence-electron chi connectivity index (χ3n) is 9.81. The van der Waals surface area contributed by atoms with Crippen LogP contribution in [0.4, 0.5) is 11.6 Å². The first kappa shape index (κ1) is 33.7. The minimum Gasteiger partial charge on any atom is -0.471 e. The first-order valence-electron chi connectivity index (χ1n) is 17.0. The first-order valence-corrected chi connectivity index (χ1v) is 20.0. The maximum absolute atomic E-state index is 13.7. The van der Waals surface area contributed by atoms with E-state index in [1.165, 1.54) is 44.8 Å². The Hall–Kier alpha value is -5.81. The number of nitrogens with zero attached hydrogens (tertiary/aromatic N) is 5. The SMILES string of the molecule is Cc1ccc(C(=O)NCc2ccc(COc3nc(N)nc4nc[nH]c34)cc2)cc1C1=C2C=CC(=[N+](C)C)C=C2[Si](C)(C)c2cc(N(C)C)ccc21. The van der Waals surface area contributed by atoms with Gasteiger partial charge in [0.2, 0.25) is 11.8 Å². The number of anilines is 2. The molecule has 7 rings (SSSR count). The monoisotopic (exact) mass is 695 g/mol. The van der Waals surface area contributed by atoms with E-state index in [4.69, 9.17) is 10.5 Å². The lowest BCUT2D eigenvalue weighted by Crippen LogP contribution is -2.49. The van der Waals surface area contributed by atoms with Gasteiger partial charge in [-0.05, 0) is 86.6 Å². The van der Waals surface area contributed by atoms with Crippen molar-refractivity contribution in [2.45, 2.75) is 33.2 Å².